The van der Waals surface area contributed by atoms with Crippen molar-refractivity contribution < 1.29 is 9.53 Å². The van der Waals surface area contributed by atoms with Gasteiger partial charge >= 0.3 is 0 Å². The van der Waals surface area contributed by atoms with Crippen molar-refractivity contribution in [2.45, 2.75) is 25.9 Å². The molecule has 104 valence electrons. The third kappa shape index (κ3) is 3.78. The number of nitrogens with zero attached hydrogens (tertiary/aromatic N) is 1. The SMILES string of the molecule is Cc1cccc(C(=O)N2CCC(OCCN)CC2)c1. The lowest BCUT2D eigenvalue weighted by molar-refractivity contribution is 0.0122. The maximum atomic E-state index is 12.3. The Morgan fingerprint density at radius 1 is 1.42 bits per heavy atom. The summed E-state index contributed by atoms with van der Waals surface area (Å²) in [4.78, 5) is 14.3. The lowest BCUT2D eigenvalue weighted by Gasteiger charge is -2.32. The summed E-state index contributed by atoms with van der Waals surface area (Å²) in [7, 11) is 0. The van der Waals surface area contributed by atoms with E-state index in [-0.39, 0.29) is 12.0 Å². The largest absolute Gasteiger partial charge is 0.377 e. The second kappa shape index (κ2) is 6.68. The third-order valence-electron chi connectivity index (χ3n) is 3.47. The quantitative estimate of drug-likeness (QED) is 0.896. The fourth-order valence-corrected chi connectivity index (χ4v) is 2.42. The molecule has 0 spiro atoms. The summed E-state index contributed by atoms with van der Waals surface area (Å²) in [5.74, 6) is 0.126. The van der Waals surface area contributed by atoms with Crippen molar-refractivity contribution >= 4 is 5.91 Å². The van der Waals surface area contributed by atoms with E-state index < -0.39 is 0 Å². The van der Waals surface area contributed by atoms with Crippen LogP contribution in [0.1, 0.15) is 28.8 Å². The van der Waals surface area contributed by atoms with Crippen LogP contribution in [0.4, 0.5) is 0 Å². The Labute approximate surface area is 114 Å². The van der Waals surface area contributed by atoms with Crippen LogP contribution < -0.4 is 5.73 Å². The molecule has 0 atom stereocenters. The van der Waals surface area contributed by atoms with E-state index in [1.54, 1.807) is 0 Å². The first-order valence-electron chi connectivity index (χ1n) is 6.88. The molecule has 19 heavy (non-hydrogen) atoms. The van der Waals surface area contributed by atoms with Crippen LogP contribution >= 0.6 is 0 Å². The van der Waals surface area contributed by atoms with Gasteiger partial charge in [-0.15, -0.1) is 0 Å². The molecule has 1 amide bonds. The topological polar surface area (TPSA) is 55.6 Å². The maximum absolute atomic E-state index is 12.3. The van der Waals surface area contributed by atoms with Gasteiger partial charge in [-0.1, -0.05) is 17.7 Å². The molecule has 1 saturated heterocycles. The number of nitrogens with two attached hydrogens (primary N) is 1. The maximum Gasteiger partial charge on any atom is 0.253 e. The van der Waals surface area contributed by atoms with E-state index in [9.17, 15) is 4.79 Å². The number of hydrogen-bond acceptors (Lipinski definition) is 3. The lowest BCUT2D eigenvalue weighted by atomic mass is 10.1. The Hall–Kier alpha value is -1.39. The third-order valence-corrected chi connectivity index (χ3v) is 3.47. The Morgan fingerprint density at radius 2 is 2.16 bits per heavy atom. The highest BCUT2D eigenvalue weighted by molar-refractivity contribution is 5.94. The van der Waals surface area contributed by atoms with E-state index >= 15 is 0 Å². The van der Waals surface area contributed by atoms with Gasteiger partial charge in [0.05, 0.1) is 12.7 Å². The van der Waals surface area contributed by atoms with Gasteiger partial charge in [0.15, 0.2) is 0 Å². The number of ether oxygens (including phenoxy) is 1. The molecule has 0 aromatic heterocycles. The summed E-state index contributed by atoms with van der Waals surface area (Å²) in [5, 5.41) is 0. The molecule has 1 heterocycles. The minimum atomic E-state index is 0.126. The summed E-state index contributed by atoms with van der Waals surface area (Å²) in [6.07, 6.45) is 2.06. The standard InChI is InChI=1S/C15H22N2O2/c1-12-3-2-4-13(11-12)15(18)17-8-5-14(6-9-17)19-10-7-16/h2-4,11,14H,5-10,16H2,1H3. The number of amides is 1. The van der Waals surface area contributed by atoms with E-state index in [2.05, 4.69) is 0 Å². The van der Waals surface area contributed by atoms with E-state index in [1.165, 1.54) is 0 Å². The van der Waals surface area contributed by atoms with Gasteiger partial charge in [-0.25, -0.2) is 0 Å². The average Bonchev–Trinajstić information content (AvgIpc) is 2.45. The predicted octanol–water partition coefficient (Wildman–Crippen LogP) is 1.57. The highest BCUT2D eigenvalue weighted by atomic mass is 16.5. The molecule has 4 nitrogen and oxygen atoms in total. The number of carbonyl (C=O) groups excluding carboxylic acids is 1. The molecule has 2 N–H and O–H groups in total. The Kier molecular flexibility index (Phi) is 4.93. The highest BCUT2D eigenvalue weighted by Crippen LogP contribution is 2.16. The van der Waals surface area contributed by atoms with Crippen molar-refractivity contribution in [3.63, 3.8) is 0 Å². The Balaban J connectivity index is 1.89. The Bertz CT molecular complexity index is 426. The second-order valence-electron chi connectivity index (χ2n) is 5.02. The molecule has 4 heteroatoms. The number of piperidine rings is 1. The zero-order valence-corrected chi connectivity index (χ0v) is 11.5. The van der Waals surface area contributed by atoms with Crippen LogP contribution in [0.5, 0.6) is 0 Å². The Morgan fingerprint density at radius 3 is 2.79 bits per heavy atom. The summed E-state index contributed by atoms with van der Waals surface area (Å²) in [6, 6.07) is 7.76. The first kappa shape index (κ1) is 14.0. The fraction of sp³-hybridized carbons (Fsp3) is 0.533. The van der Waals surface area contributed by atoms with Crippen molar-refractivity contribution in [1.29, 1.82) is 0 Å². The minimum Gasteiger partial charge on any atom is -0.377 e. The summed E-state index contributed by atoms with van der Waals surface area (Å²) >= 11 is 0. The van der Waals surface area contributed by atoms with Crippen molar-refractivity contribution in [3.8, 4) is 0 Å². The average molecular weight is 262 g/mol. The van der Waals surface area contributed by atoms with E-state index in [1.807, 2.05) is 36.1 Å². The lowest BCUT2D eigenvalue weighted by Crippen LogP contribution is -2.41. The van der Waals surface area contributed by atoms with Crippen LogP contribution in [-0.2, 0) is 4.74 Å². The molecular formula is C15H22N2O2. The first-order valence-corrected chi connectivity index (χ1v) is 6.88. The van der Waals surface area contributed by atoms with Crippen molar-refractivity contribution in [2.24, 2.45) is 5.73 Å². The molecule has 1 aromatic carbocycles. The summed E-state index contributed by atoms with van der Waals surface area (Å²) in [5.41, 5.74) is 7.32. The molecule has 1 aliphatic rings. The summed E-state index contributed by atoms with van der Waals surface area (Å²) < 4.78 is 5.62. The molecule has 2 rings (SSSR count). The van der Waals surface area contributed by atoms with Gasteiger partial charge in [0.1, 0.15) is 0 Å². The van der Waals surface area contributed by atoms with Crippen LogP contribution in [0.15, 0.2) is 24.3 Å². The fourth-order valence-electron chi connectivity index (χ4n) is 2.42. The molecule has 1 fully saturated rings. The molecule has 0 unspecified atom stereocenters. The molecule has 1 aliphatic heterocycles. The molecular weight excluding hydrogens is 240 g/mol. The van der Waals surface area contributed by atoms with Crippen LogP contribution in [0.2, 0.25) is 0 Å². The molecule has 0 saturated carbocycles. The van der Waals surface area contributed by atoms with Crippen LogP contribution in [0.25, 0.3) is 0 Å². The number of hydrogen-bond donors (Lipinski definition) is 1. The van der Waals surface area contributed by atoms with E-state index in [4.69, 9.17) is 10.5 Å². The van der Waals surface area contributed by atoms with Crippen LogP contribution in [0.3, 0.4) is 0 Å². The van der Waals surface area contributed by atoms with Crippen molar-refractivity contribution in [2.75, 3.05) is 26.2 Å². The van der Waals surface area contributed by atoms with Gasteiger partial charge in [-0.05, 0) is 31.9 Å². The van der Waals surface area contributed by atoms with Gasteiger partial charge in [0.25, 0.3) is 5.91 Å². The number of benzene rings is 1. The molecule has 1 aromatic rings. The zero-order chi connectivity index (χ0) is 13.7. The monoisotopic (exact) mass is 262 g/mol. The smallest absolute Gasteiger partial charge is 0.253 e. The first-order chi connectivity index (χ1) is 9.20. The number of likely N-dealkylation sites (tertiary alicyclic amines) is 1. The van der Waals surface area contributed by atoms with Gasteiger partial charge < -0.3 is 15.4 Å². The number of rotatable bonds is 4. The van der Waals surface area contributed by atoms with Gasteiger partial charge in [-0.2, -0.15) is 0 Å². The van der Waals surface area contributed by atoms with E-state index in [0.717, 1.165) is 37.1 Å². The predicted molar refractivity (Wildman–Crippen MR) is 75.1 cm³/mol. The normalized spacial score (nSPS) is 16.6. The molecule has 0 radical (unpaired) electrons. The van der Waals surface area contributed by atoms with Crippen LogP contribution in [0, 0.1) is 6.92 Å². The van der Waals surface area contributed by atoms with Crippen molar-refractivity contribution in [3.05, 3.63) is 35.4 Å². The number of aryl methyl sites for hydroxylation is 1. The van der Waals surface area contributed by atoms with Crippen LogP contribution in [-0.4, -0.2) is 43.2 Å². The van der Waals surface area contributed by atoms with Crippen molar-refractivity contribution in [1.82, 2.24) is 4.90 Å². The second-order valence-corrected chi connectivity index (χ2v) is 5.02. The zero-order valence-electron chi connectivity index (χ0n) is 11.5. The van der Waals surface area contributed by atoms with Gasteiger partial charge in [-0.3, -0.25) is 4.79 Å². The van der Waals surface area contributed by atoms with E-state index in [0.29, 0.717) is 13.2 Å². The molecule has 0 bridgehead atoms. The molecule has 0 aliphatic carbocycles. The van der Waals surface area contributed by atoms with Gasteiger partial charge in [0, 0.05) is 25.2 Å². The summed E-state index contributed by atoms with van der Waals surface area (Å²) in [6.45, 7) is 4.70. The number of carbonyl (C=O) groups is 1. The minimum absolute atomic E-state index is 0.126. The van der Waals surface area contributed by atoms with Gasteiger partial charge in [0.2, 0.25) is 0 Å². The highest BCUT2D eigenvalue weighted by Gasteiger charge is 2.23.